The number of amides is 2. The summed E-state index contributed by atoms with van der Waals surface area (Å²) in [5.74, 6) is 0.0993. The van der Waals surface area contributed by atoms with E-state index in [2.05, 4.69) is 34.5 Å². The smallest absolute Gasteiger partial charge is 0.319 e. The standard InChI is InChI=1S/C30H38N4O4/c1-4-31-30(36)33-26-14-12-24(13-15-26)29-37-27(19-34(3)18-16-25-7-5-6-17-32-25)21(2)28(38-29)23-10-8-22(20-35)9-11-23/h5-15,17,21,27-29,35H,4,16,18-20H2,1-3H3,(H2,31,33,36)/t21-,27+,28+,29+/m1/s1. The second-order valence-corrected chi connectivity index (χ2v) is 9.76. The lowest BCUT2D eigenvalue weighted by Gasteiger charge is -2.42. The number of hydrogen-bond acceptors (Lipinski definition) is 6. The van der Waals surface area contributed by atoms with E-state index in [1.807, 2.05) is 79.9 Å². The third-order valence-corrected chi connectivity index (χ3v) is 6.87. The van der Waals surface area contributed by atoms with Gasteiger partial charge in [0.2, 0.25) is 0 Å². The summed E-state index contributed by atoms with van der Waals surface area (Å²) in [6.07, 6.45) is 1.89. The largest absolute Gasteiger partial charge is 0.392 e. The molecule has 4 rings (SSSR count). The molecule has 0 bridgehead atoms. The Labute approximate surface area is 225 Å². The van der Waals surface area contributed by atoms with E-state index in [-0.39, 0.29) is 30.8 Å². The van der Waals surface area contributed by atoms with E-state index in [1.165, 1.54) is 0 Å². The number of anilines is 1. The molecule has 1 aliphatic rings. The van der Waals surface area contributed by atoms with Gasteiger partial charge < -0.3 is 30.1 Å². The number of aromatic nitrogens is 1. The lowest BCUT2D eigenvalue weighted by Crippen LogP contribution is -2.43. The van der Waals surface area contributed by atoms with Gasteiger partial charge >= 0.3 is 6.03 Å². The molecule has 2 aromatic carbocycles. The van der Waals surface area contributed by atoms with E-state index < -0.39 is 6.29 Å². The number of benzene rings is 2. The Hall–Kier alpha value is -3.30. The summed E-state index contributed by atoms with van der Waals surface area (Å²) in [5, 5.41) is 15.0. The van der Waals surface area contributed by atoms with Crippen LogP contribution in [0.25, 0.3) is 0 Å². The number of hydrogen-bond donors (Lipinski definition) is 3. The molecule has 3 aromatic rings. The zero-order chi connectivity index (χ0) is 26.9. The van der Waals surface area contributed by atoms with Crippen molar-refractivity contribution < 1.29 is 19.4 Å². The van der Waals surface area contributed by atoms with E-state index in [0.717, 1.165) is 41.9 Å². The Morgan fingerprint density at radius 2 is 1.76 bits per heavy atom. The molecule has 1 fully saturated rings. The minimum absolute atomic E-state index is 0.00739. The molecular weight excluding hydrogens is 480 g/mol. The van der Waals surface area contributed by atoms with Gasteiger partial charge in [-0.3, -0.25) is 4.98 Å². The van der Waals surface area contributed by atoms with Gasteiger partial charge in [-0.15, -0.1) is 0 Å². The SMILES string of the molecule is CCNC(=O)Nc1ccc([C@H]2O[C@@H](CN(C)CCc3ccccn3)[C@@H](C)[C@@H](c3ccc(CO)cc3)O2)cc1. The van der Waals surface area contributed by atoms with Crippen LogP contribution in [0.15, 0.2) is 72.9 Å². The summed E-state index contributed by atoms with van der Waals surface area (Å²) in [4.78, 5) is 18.6. The molecule has 8 heteroatoms. The van der Waals surface area contributed by atoms with Gasteiger partial charge in [0.25, 0.3) is 0 Å². The Balaban J connectivity index is 1.50. The molecule has 3 N–H and O–H groups in total. The van der Waals surface area contributed by atoms with Crippen molar-refractivity contribution in [2.24, 2.45) is 5.92 Å². The van der Waals surface area contributed by atoms with E-state index in [9.17, 15) is 9.90 Å². The van der Waals surface area contributed by atoms with Gasteiger partial charge in [-0.25, -0.2) is 4.79 Å². The van der Waals surface area contributed by atoms with Crippen LogP contribution < -0.4 is 10.6 Å². The average molecular weight is 519 g/mol. The summed E-state index contributed by atoms with van der Waals surface area (Å²) < 4.78 is 13.1. The molecule has 1 saturated heterocycles. The van der Waals surface area contributed by atoms with Gasteiger partial charge in [0, 0.05) is 55.1 Å². The number of nitrogens with one attached hydrogen (secondary N) is 2. The number of carbonyl (C=O) groups is 1. The van der Waals surface area contributed by atoms with E-state index >= 15 is 0 Å². The summed E-state index contributed by atoms with van der Waals surface area (Å²) in [6.45, 7) is 6.22. The topological polar surface area (TPSA) is 96.0 Å². The monoisotopic (exact) mass is 518 g/mol. The minimum Gasteiger partial charge on any atom is -0.392 e. The fourth-order valence-electron chi connectivity index (χ4n) is 4.64. The van der Waals surface area contributed by atoms with Crippen molar-refractivity contribution >= 4 is 11.7 Å². The van der Waals surface area contributed by atoms with Gasteiger partial charge in [0.15, 0.2) is 6.29 Å². The van der Waals surface area contributed by atoms with Crippen molar-refractivity contribution in [3.8, 4) is 0 Å². The zero-order valence-electron chi connectivity index (χ0n) is 22.3. The molecule has 0 unspecified atom stereocenters. The molecule has 1 aliphatic heterocycles. The first kappa shape index (κ1) is 27.7. The molecule has 0 radical (unpaired) electrons. The summed E-state index contributed by atoms with van der Waals surface area (Å²) in [5.41, 5.74) is 4.58. The lowest BCUT2D eigenvalue weighted by atomic mass is 9.90. The van der Waals surface area contributed by atoms with Crippen LogP contribution in [0.2, 0.25) is 0 Å². The Morgan fingerprint density at radius 3 is 2.42 bits per heavy atom. The van der Waals surface area contributed by atoms with Crippen molar-refractivity contribution in [2.75, 3.05) is 32.0 Å². The number of pyridine rings is 1. The van der Waals surface area contributed by atoms with Crippen LogP contribution in [-0.2, 0) is 22.5 Å². The van der Waals surface area contributed by atoms with E-state index in [4.69, 9.17) is 9.47 Å². The average Bonchev–Trinajstić information content (AvgIpc) is 2.94. The number of urea groups is 1. The van der Waals surface area contributed by atoms with Gasteiger partial charge in [0.05, 0.1) is 18.8 Å². The highest BCUT2D eigenvalue weighted by atomic mass is 16.7. The fraction of sp³-hybridized carbons (Fsp3) is 0.400. The number of ether oxygens (including phenoxy) is 2. The number of carbonyl (C=O) groups excluding carboxylic acids is 1. The van der Waals surface area contributed by atoms with Crippen molar-refractivity contribution in [3.05, 3.63) is 95.3 Å². The maximum Gasteiger partial charge on any atom is 0.319 e. The number of nitrogens with zero attached hydrogens (tertiary/aromatic N) is 2. The van der Waals surface area contributed by atoms with Crippen LogP contribution in [0.3, 0.4) is 0 Å². The van der Waals surface area contributed by atoms with Crippen LogP contribution in [0, 0.1) is 5.92 Å². The Kier molecular flexibility index (Phi) is 9.84. The summed E-state index contributed by atoms with van der Waals surface area (Å²) >= 11 is 0. The molecule has 38 heavy (non-hydrogen) atoms. The van der Waals surface area contributed by atoms with Gasteiger partial charge in [-0.2, -0.15) is 0 Å². The molecule has 202 valence electrons. The molecule has 2 heterocycles. The van der Waals surface area contributed by atoms with Crippen LogP contribution in [0.4, 0.5) is 10.5 Å². The molecular formula is C30H38N4O4. The molecule has 4 atom stereocenters. The van der Waals surface area contributed by atoms with Gasteiger partial charge in [-0.05, 0) is 49.4 Å². The zero-order valence-corrected chi connectivity index (χ0v) is 22.3. The number of aliphatic hydroxyl groups excluding tert-OH is 1. The highest BCUT2D eigenvalue weighted by Crippen LogP contribution is 2.42. The van der Waals surface area contributed by atoms with Crippen molar-refractivity contribution in [2.45, 2.75) is 45.4 Å². The number of aliphatic hydroxyl groups is 1. The highest BCUT2D eigenvalue weighted by molar-refractivity contribution is 5.89. The normalized spacial score (nSPS) is 21.3. The lowest BCUT2D eigenvalue weighted by molar-refractivity contribution is -0.275. The molecule has 0 spiro atoms. The van der Waals surface area contributed by atoms with E-state index in [1.54, 1.807) is 0 Å². The Bertz CT molecular complexity index is 1140. The van der Waals surface area contributed by atoms with Gasteiger partial charge in [0.1, 0.15) is 0 Å². The number of rotatable bonds is 10. The van der Waals surface area contributed by atoms with E-state index in [0.29, 0.717) is 12.2 Å². The highest BCUT2D eigenvalue weighted by Gasteiger charge is 2.38. The van der Waals surface area contributed by atoms with Crippen LogP contribution in [0.5, 0.6) is 0 Å². The molecule has 0 aliphatic carbocycles. The predicted octanol–water partition coefficient (Wildman–Crippen LogP) is 4.68. The second-order valence-electron chi connectivity index (χ2n) is 9.76. The first-order valence-electron chi connectivity index (χ1n) is 13.2. The minimum atomic E-state index is -0.554. The summed E-state index contributed by atoms with van der Waals surface area (Å²) in [7, 11) is 2.11. The maximum absolute atomic E-state index is 11.9. The van der Waals surface area contributed by atoms with Crippen molar-refractivity contribution in [1.82, 2.24) is 15.2 Å². The first-order chi connectivity index (χ1) is 18.5. The molecule has 8 nitrogen and oxygen atoms in total. The quantitative estimate of drug-likeness (QED) is 0.361. The Morgan fingerprint density at radius 1 is 1.03 bits per heavy atom. The molecule has 0 saturated carbocycles. The second kappa shape index (κ2) is 13.5. The van der Waals surface area contributed by atoms with Gasteiger partial charge in [-0.1, -0.05) is 49.4 Å². The van der Waals surface area contributed by atoms with Crippen molar-refractivity contribution in [3.63, 3.8) is 0 Å². The first-order valence-corrected chi connectivity index (χ1v) is 13.2. The van der Waals surface area contributed by atoms with Crippen LogP contribution in [-0.4, -0.2) is 53.8 Å². The van der Waals surface area contributed by atoms with Crippen molar-refractivity contribution in [1.29, 1.82) is 0 Å². The molecule has 1 aromatic heterocycles. The fourth-order valence-corrected chi connectivity index (χ4v) is 4.64. The summed E-state index contributed by atoms with van der Waals surface area (Å²) in [6, 6.07) is 21.2. The third kappa shape index (κ3) is 7.39. The van der Waals surface area contributed by atoms with Crippen LogP contribution >= 0.6 is 0 Å². The predicted molar refractivity (Wildman–Crippen MR) is 148 cm³/mol. The maximum atomic E-state index is 11.9. The van der Waals surface area contributed by atoms with Crippen LogP contribution in [0.1, 0.15) is 48.6 Å². The number of likely N-dealkylation sites (N-methyl/N-ethyl adjacent to an activating group) is 1. The third-order valence-electron chi connectivity index (χ3n) is 6.87. The molecule has 2 amide bonds.